The molecular formula is C24H24N4O3S2. The van der Waals surface area contributed by atoms with Crippen LogP contribution in [0.25, 0.3) is 6.08 Å². The highest BCUT2D eigenvalue weighted by atomic mass is 32.2. The van der Waals surface area contributed by atoms with Crippen molar-refractivity contribution in [2.45, 2.75) is 49.4 Å². The largest absolute Gasteiger partial charge is 0.487 e. The zero-order valence-corrected chi connectivity index (χ0v) is 19.9. The normalized spacial score (nSPS) is 20.2. The number of amidine groups is 2. The first kappa shape index (κ1) is 22.0. The van der Waals surface area contributed by atoms with Gasteiger partial charge in [0.1, 0.15) is 23.2 Å². The lowest BCUT2D eigenvalue weighted by Gasteiger charge is -2.20. The lowest BCUT2D eigenvalue weighted by atomic mass is 10.0. The number of hydrazone groups is 1. The van der Waals surface area contributed by atoms with Gasteiger partial charge in [-0.15, -0.1) is 0 Å². The van der Waals surface area contributed by atoms with E-state index in [4.69, 9.17) is 14.6 Å². The van der Waals surface area contributed by atoms with Gasteiger partial charge in [0.25, 0.3) is 5.91 Å². The van der Waals surface area contributed by atoms with Gasteiger partial charge >= 0.3 is 0 Å². The Morgan fingerprint density at radius 3 is 2.94 bits per heavy atom. The van der Waals surface area contributed by atoms with Crippen LogP contribution in [-0.2, 0) is 4.79 Å². The molecule has 9 heteroatoms. The molecule has 1 N–H and O–H groups in total. The van der Waals surface area contributed by atoms with E-state index in [2.05, 4.69) is 10.1 Å². The zero-order valence-electron chi connectivity index (χ0n) is 18.2. The second-order valence-corrected chi connectivity index (χ2v) is 10.5. The number of furan rings is 1. The van der Waals surface area contributed by atoms with Gasteiger partial charge in [-0.2, -0.15) is 15.1 Å². The topological polar surface area (TPSA) is 91.2 Å². The fraction of sp³-hybridized carbons (Fsp3) is 0.333. The molecule has 33 heavy (non-hydrogen) atoms. The predicted octanol–water partition coefficient (Wildman–Crippen LogP) is 5.71. The van der Waals surface area contributed by atoms with Crippen LogP contribution in [0.5, 0.6) is 5.75 Å². The molecule has 0 bridgehead atoms. The second-order valence-electron chi connectivity index (χ2n) is 8.15. The summed E-state index contributed by atoms with van der Waals surface area (Å²) in [7, 11) is 0. The number of ether oxygens (including phenoxy) is 1. The first-order chi connectivity index (χ1) is 16.0. The summed E-state index contributed by atoms with van der Waals surface area (Å²) in [5.41, 5.74) is 1.27. The van der Waals surface area contributed by atoms with E-state index >= 15 is 0 Å². The first-order valence-electron chi connectivity index (χ1n) is 11.0. The Hall–Kier alpha value is -2.78. The van der Waals surface area contributed by atoms with Crippen LogP contribution in [-0.4, -0.2) is 38.8 Å². The van der Waals surface area contributed by atoms with Crippen molar-refractivity contribution < 1.29 is 13.9 Å². The number of fused-ring (bicyclic) bond motifs is 1. The van der Waals surface area contributed by atoms with Gasteiger partial charge in [-0.05, 0) is 67.4 Å². The zero-order chi connectivity index (χ0) is 22.8. The van der Waals surface area contributed by atoms with Gasteiger partial charge in [-0.3, -0.25) is 10.2 Å². The van der Waals surface area contributed by atoms with Crippen LogP contribution >= 0.6 is 23.5 Å². The maximum absolute atomic E-state index is 12.6. The average molecular weight is 481 g/mol. The molecule has 1 aromatic carbocycles. The van der Waals surface area contributed by atoms with Gasteiger partial charge in [-0.1, -0.05) is 43.2 Å². The fourth-order valence-electron chi connectivity index (χ4n) is 3.91. The number of hydrogen-bond acceptors (Lipinski definition) is 7. The summed E-state index contributed by atoms with van der Waals surface area (Å²) in [5, 5.41) is 16.8. The van der Waals surface area contributed by atoms with Gasteiger partial charge in [0.05, 0.1) is 5.57 Å². The molecular weight excluding hydrogens is 456 g/mol. The number of benzene rings is 1. The van der Waals surface area contributed by atoms with Crippen LogP contribution in [0, 0.1) is 12.3 Å². The highest BCUT2D eigenvalue weighted by Gasteiger charge is 2.36. The van der Waals surface area contributed by atoms with Crippen molar-refractivity contribution in [2.75, 3.05) is 6.61 Å². The maximum atomic E-state index is 12.6. The SMILES string of the molecule is Cc1cccc(OCC2=NN3C(=N)/C(=C\c4ccc(SC5CCCCC5)o4)C(=O)N=C3S2)c1. The average Bonchev–Trinajstić information content (AvgIpc) is 3.42. The number of carbonyl (C=O) groups excluding carboxylic acids is 1. The molecule has 1 fully saturated rings. The van der Waals surface area contributed by atoms with E-state index in [1.807, 2.05) is 43.3 Å². The van der Waals surface area contributed by atoms with Crippen molar-refractivity contribution in [3.05, 3.63) is 53.3 Å². The number of thioether (sulfide) groups is 2. The second kappa shape index (κ2) is 9.61. The molecule has 0 spiro atoms. The minimum atomic E-state index is -0.465. The van der Waals surface area contributed by atoms with Crippen LogP contribution in [0.15, 0.2) is 61.6 Å². The van der Waals surface area contributed by atoms with E-state index in [0.29, 0.717) is 21.2 Å². The molecule has 5 rings (SSSR count). The lowest BCUT2D eigenvalue weighted by molar-refractivity contribution is -0.114. The predicted molar refractivity (Wildman–Crippen MR) is 133 cm³/mol. The molecule has 0 radical (unpaired) electrons. The Morgan fingerprint density at radius 2 is 2.12 bits per heavy atom. The molecule has 1 amide bonds. The molecule has 1 saturated carbocycles. The number of carbonyl (C=O) groups is 1. The Balaban J connectivity index is 1.27. The van der Waals surface area contributed by atoms with E-state index in [9.17, 15) is 4.79 Å². The van der Waals surface area contributed by atoms with Crippen molar-refractivity contribution in [1.29, 1.82) is 5.41 Å². The Bertz CT molecular complexity index is 1180. The van der Waals surface area contributed by atoms with Gasteiger partial charge in [0.15, 0.2) is 10.9 Å². The maximum Gasteiger partial charge on any atom is 0.283 e. The molecule has 2 aliphatic heterocycles. The minimum absolute atomic E-state index is 0.0130. The summed E-state index contributed by atoms with van der Waals surface area (Å²) >= 11 is 3.00. The van der Waals surface area contributed by atoms with Crippen molar-refractivity contribution in [3.8, 4) is 5.75 Å². The molecule has 3 heterocycles. The van der Waals surface area contributed by atoms with E-state index in [-0.39, 0.29) is 18.0 Å². The summed E-state index contributed by atoms with van der Waals surface area (Å²) in [5.74, 6) is 0.809. The quantitative estimate of drug-likeness (QED) is 0.533. The Kier molecular flexibility index (Phi) is 6.41. The van der Waals surface area contributed by atoms with Crippen molar-refractivity contribution in [3.63, 3.8) is 0 Å². The van der Waals surface area contributed by atoms with E-state index in [0.717, 1.165) is 16.4 Å². The molecule has 1 aliphatic carbocycles. The number of aryl methyl sites for hydroxylation is 1. The van der Waals surface area contributed by atoms with Crippen molar-refractivity contribution in [2.24, 2.45) is 10.1 Å². The molecule has 7 nitrogen and oxygen atoms in total. The summed E-state index contributed by atoms with van der Waals surface area (Å²) in [4.78, 5) is 16.8. The smallest absolute Gasteiger partial charge is 0.283 e. The van der Waals surface area contributed by atoms with Crippen LogP contribution < -0.4 is 4.74 Å². The number of aliphatic imine (C=N–C) groups is 1. The summed E-state index contributed by atoms with van der Waals surface area (Å²) in [6.45, 7) is 2.24. The van der Waals surface area contributed by atoms with Crippen LogP contribution in [0.3, 0.4) is 0 Å². The number of nitrogens with zero attached hydrogens (tertiary/aromatic N) is 3. The van der Waals surface area contributed by atoms with Crippen LogP contribution in [0.2, 0.25) is 0 Å². The van der Waals surface area contributed by atoms with E-state index < -0.39 is 5.91 Å². The van der Waals surface area contributed by atoms with Gasteiger partial charge in [0, 0.05) is 5.25 Å². The number of rotatable bonds is 6. The lowest BCUT2D eigenvalue weighted by Crippen LogP contribution is -2.35. The molecule has 0 unspecified atom stereocenters. The number of hydrogen-bond donors (Lipinski definition) is 1. The highest BCUT2D eigenvalue weighted by molar-refractivity contribution is 8.27. The third-order valence-corrected chi connectivity index (χ3v) is 7.71. The Morgan fingerprint density at radius 1 is 1.27 bits per heavy atom. The highest BCUT2D eigenvalue weighted by Crippen LogP contribution is 2.35. The fourth-order valence-corrected chi connectivity index (χ4v) is 5.89. The summed E-state index contributed by atoms with van der Waals surface area (Å²) in [6, 6.07) is 11.5. The number of amides is 1. The third kappa shape index (κ3) is 5.09. The van der Waals surface area contributed by atoms with Gasteiger partial charge in [0.2, 0.25) is 5.17 Å². The van der Waals surface area contributed by atoms with Crippen LogP contribution in [0.4, 0.5) is 0 Å². The van der Waals surface area contributed by atoms with Crippen LogP contribution in [0.1, 0.15) is 43.4 Å². The molecule has 2 aromatic rings. The van der Waals surface area contributed by atoms with Crippen molar-refractivity contribution in [1.82, 2.24) is 5.01 Å². The van der Waals surface area contributed by atoms with Gasteiger partial charge in [-0.25, -0.2) is 0 Å². The van der Waals surface area contributed by atoms with E-state index in [1.165, 1.54) is 48.9 Å². The molecule has 0 saturated heterocycles. The van der Waals surface area contributed by atoms with E-state index in [1.54, 1.807) is 17.8 Å². The minimum Gasteiger partial charge on any atom is -0.487 e. The molecule has 170 valence electrons. The third-order valence-electron chi connectivity index (χ3n) is 5.57. The number of nitrogens with one attached hydrogen (secondary N) is 1. The summed E-state index contributed by atoms with van der Waals surface area (Å²) < 4.78 is 11.7. The molecule has 0 atom stereocenters. The standard InChI is InChI=1S/C24H24N4O3S2/c1-15-6-5-7-16(12-15)30-14-20-27-28-22(25)19(23(29)26-24(28)33-20)13-17-10-11-21(31-17)32-18-8-3-2-4-9-18/h5-7,10-13,18,25H,2-4,8-9,14H2,1H3/b19-13+,25-22?. The molecule has 1 aromatic heterocycles. The van der Waals surface area contributed by atoms with Crippen molar-refractivity contribution >= 4 is 51.6 Å². The van der Waals surface area contributed by atoms with Gasteiger partial charge < -0.3 is 9.15 Å². The molecule has 3 aliphatic rings. The monoisotopic (exact) mass is 480 g/mol. The first-order valence-corrected chi connectivity index (χ1v) is 12.7. The summed E-state index contributed by atoms with van der Waals surface area (Å²) in [6.07, 6.45) is 7.86. The Labute approximate surface area is 200 Å².